The highest BCUT2D eigenvalue weighted by molar-refractivity contribution is 5.94. The zero-order valence-corrected chi connectivity index (χ0v) is 14.3. The van der Waals surface area contributed by atoms with Gasteiger partial charge in [-0.1, -0.05) is 30.3 Å². The monoisotopic (exact) mass is 349 g/mol. The van der Waals surface area contributed by atoms with Gasteiger partial charge in [0.2, 0.25) is 0 Å². The number of carbonyl (C=O) groups is 1. The van der Waals surface area contributed by atoms with Crippen LogP contribution in [0.5, 0.6) is 0 Å². The van der Waals surface area contributed by atoms with Crippen molar-refractivity contribution in [1.29, 1.82) is 0 Å². The number of non-ortho nitro benzene ring substituents is 1. The maximum Gasteiger partial charge on any atom is 0.269 e. The summed E-state index contributed by atoms with van der Waals surface area (Å²) in [6.07, 6.45) is 0. The second kappa shape index (κ2) is 9.00. The van der Waals surface area contributed by atoms with E-state index < -0.39 is 4.92 Å². The van der Waals surface area contributed by atoms with Crippen molar-refractivity contribution in [2.24, 2.45) is 0 Å². The highest BCUT2D eigenvalue weighted by atomic mass is 35.5. The summed E-state index contributed by atoms with van der Waals surface area (Å²) in [6, 6.07) is 15.5. The summed E-state index contributed by atoms with van der Waals surface area (Å²) in [5, 5.41) is 13.5. The molecule has 1 amide bonds. The summed E-state index contributed by atoms with van der Waals surface area (Å²) in [5.74, 6) is -0.248. The lowest BCUT2D eigenvalue weighted by molar-refractivity contribution is -0.384. The molecule has 7 heteroatoms. The molecule has 0 aliphatic heterocycles. The topological polar surface area (TPSA) is 75.5 Å². The first-order valence-electron chi connectivity index (χ1n) is 7.23. The van der Waals surface area contributed by atoms with Crippen molar-refractivity contribution in [3.8, 4) is 0 Å². The fourth-order valence-corrected chi connectivity index (χ4v) is 2.30. The molecule has 0 spiro atoms. The van der Waals surface area contributed by atoms with E-state index in [4.69, 9.17) is 0 Å². The van der Waals surface area contributed by atoms with Gasteiger partial charge in [-0.2, -0.15) is 0 Å². The number of carbonyl (C=O) groups excluding carboxylic acids is 1. The molecule has 0 heterocycles. The van der Waals surface area contributed by atoms with E-state index >= 15 is 0 Å². The SMILES string of the molecule is CN(C)C(CNC(=O)c1ccc([N+](=O)[O-])cc1)c1ccccc1.Cl. The predicted octanol–water partition coefficient (Wildman–Crippen LogP) is 3.05. The Bertz CT molecular complexity index is 675. The smallest absolute Gasteiger partial charge is 0.269 e. The van der Waals surface area contributed by atoms with Crippen LogP contribution < -0.4 is 5.32 Å². The van der Waals surface area contributed by atoms with E-state index in [2.05, 4.69) is 5.32 Å². The Labute approximate surface area is 147 Å². The van der Waals surface area contributed by atoms with Crippen LogP contribution in [0, 0.1) is 10.1 Å². The molecule has 128 valence electrons. The van der Waals surface area contributed by atoms with E-state index in [1.165, 1.54) is 24.3 Å². The third-order valence-corrected chi connectivity index (χ3v) is 3.60. The molecule has 1 atom stereocenters. The maximum atomic E-state index is 12.2. The van der Waals surface area contributed by atoms with Crippen LogP contribution in [0.4, 0.5) is 5.69 Å². The van der Waals surface area contributed by atoms with E-state index in [-0.39, 0.29) is 30.0 Å². The summed E-state index contributed by atoms with van der Waals surface area (Å²) < 4.78 is 0. The van der Waals surface area contributed by atoms with Gasteiger partial charge < -0.3 is 10.2 Å². The molecule has 0 fully saturated rings. The van der Waals surface area contributed by atoms with Crippen molar-refractivity contribution < 1.29 is 9.72 Å². The summed E-state index contributed by atoms with van der Waals surface area (Å²) in [7, 11) is 3.91. The third-order valence-electron chi connectivity index (χ3n) is 3.60. The van der Waals surface area contributed by atoms with E-state index in [0.29, 0.717) is 12.1 Å². The van der Waals surface area contributed by atoms with Gasteiger partial charge >= 0.3 is 0 Å². The minimum Gasteiger partial charge on any atom is -0.350 e. The van der Waals surface area contributed by atoms with Crippen LogP contribution in [-0.2, 0) is 0 Å². The van der Waals surface area contributed by atoms with Crippen LogP contribution in [-0.4, -0.2) is 36.4 Å². The van der Waals surface area contributed by atoms with E-state index in [0.717, 1.165) is 5.56 Å². The number of halogens is 1. The number of hydrogen-bond donors (Lipinski definition) is 1. The molecule has 6 nitrogen and oxygen atoms in total. The second-order valence-electron chi connectivity index (χ2n) is 5.40. The summed E-state index contributed by atoms with van der Waals surface area (Å²) in [4.78, 5) is 24.4. The molecule has 0 saturated carbocycles. The minimum atomic E-state index is -0.487. The van der Waals surface area contributed by atoms with Crippen molar-refractivity contribution in [3.05, 3.63) is 75.8 Å². The number of likely N-dealkylation sites (N-methyl/N-ethyl adjacent to an activating group) is 1. The molecule has 1 unspecified atom stereocenters. The van der Waals surface area contributed by atoms with Crippen LogP contribution >= 0.6 is 12.4 Å². The maximum absolute atomic E-state index is 12.2. The molecule has 0 aromatic heterocycles. The molecule has 0 bridgehead atoms. The Hall–Kier alpha value is -2.44. The average Bonchev–Trinajstić information content (AvgIpc) is 2.55. The largest absolute Gasteiger partial charge is 0.350 e. The molecule has 0 radical (unpaired) electrons. The summed E-state index contributed by atoms with van der Waals surface area (Å²) in [6.45, 7) is 0.451. The van der Waals surface area contributed by atoms with Crippen LogP contribution in [0.3, 0.4) is 0 Å². The highest BCUT2D eigenvalue weighted by Gasteiger charge is 2.16. The van der Waals surface area contributed by atoms with Gasteiger partial charge in [0, 0.05) is 24.2 Å². The molecule has 24 heavy (non-hydrogen) atoms. The van der Waals surface area contributed by atoms with Crippen molar-refractivity contribution >= 4 is 24.0 Å². The fraction of sp³-hybridized carbons (Fsp3) is 0.235. The van der Waals surface area contributed by atoms with Gasteiger partial charge in [0.05, 0.1) is 11.0 Å². The number of amides is 1. The summed E-state index contributed by atoms with van der Waals surface area (Å²) in [5.41, 5.74) is 1.49. The summed E-state index contributed by atoms with van der Waals surface area (Å²) >= 11 is 0. The Morgan fingerprint density at radius 2 is 1.71 bits per heavy atom. The van der Waals surface area contributed by atoms with E-state index in [1.54, 1.807) is 0 Å². The highest BCUT2D eigenvalue weighted by Crippen LogP contribution is 2.17. The van der Waals surface area contributed by atoms with Crippen molar-refractivity contribution in [1.82, 2.24) is 10.2 Å². The van der Waals surface area contributed by atoms with Gasteiger partial charge in [0.25, 0.3) is 11.6 Å². The molecular weight excluding hydrogens is 330 g/mol. The zero-order valence-electron chi connectivity index (χ0n) is 13.5. The van der Waals surface area contributed by atoms with Crippen LogP contribution in [0.2, 0.25) is 0 Å². The van der Waals surface area contributed by atoms with Crippen molar-refractivity contribution in [3.63, 3.8) is 0 Å². The van der Waals surface area contributed by atoms with E-state index in [1.807, 2.05) is 49.3 Å². The lowest BCUT2D eigenvalue weighted by Gasteiger charge is -2.25. The molecule has 1 N–H and O–H groups in total. The Kier molecular flexibility index (Phi) is 7.35. The molecule has 0 saturated heterocycles. The Morgan fingerprint density at radius 3 is 2.21 bits per heavy atom. The lowest BCUT2D eigenvalue weighted by Crippen LogP contribution is -2.34. The Balaban J connectivity index is 0.00000288. The van der Waals surface area contributed by atoms with Crippen LogP contribution in [0.1, 0.15) is 22.0 Å². The van der Waals surface area contributed by atoms with Gasteiger partial charge in [-0.3, -0.25) is 14.9 Å². The number of nitro benzene ring substituents is 1. The van der Waals surface area contributed by atoms with Gasteiger partial charge in [-0.15, -0.1) is 12.4 Å². The first kappa shape index (κ1) is 19.6. The average molecular weight is 350 g/mol. The third kappa shape index (κ3) is 5.04. The first-order chi connectivity index (χ1) is 11.0. The van der Waals surface area contributed by atoms with Gasteiger partial charge in [-0.25, -0.2) is 0 Å². The molecule has 0 aliphatic rings. The number of hydrogen-bond acceptors (Lipinski definition) is 4. The van der Waals surface area contributed by atoms with Crippen molar-refractivity contribution in [2.45, 2.75) is 6.04 Å². The van der Waals surface area contributed by atoms with Gasteiger partial charge in [0.1, 0.15) is 0 Å². The van der Waals surface area contributed by atoms with Crippen molar-refractivity contribution in [2.75, 3.05) is 20.6 Å². The number of rotatable bonds is 6. The second-order valence-corrected chi connectivity index (χ2v) is 5.40. The number of nitrogens with zero attached hydrogens (tertiary/aromatic N) is 2. The number of benzene rings is 2. The number of nitrogens with one attached hydrogen (secondary N) is 1. The first-order valence-corrected chi connectivity index (χ1v) is 7.23. The normalized spacial score (nSPS) is 11.5. The van der Waals surface area contributed by atoms with Crippen LogP contribution in [0.25, 0.3) is 0 Å². The van der Waals surface area contributed by atoms with E-state index in [9.17, 15) is 14.9 Å². The molecular formula is C17H20ClN3O3. The van der Waals surface area contributed by atoms with Crippen LogP contribution in [0.15, 0.2) is 54.6 Å². The van der Waals surface area contributed by atoms with Gasteiger partial charge in [-0.05, 0) is 31.8 Å². The predicted molar refractivity (Wildman–Crippen MR) is 95.5 cm³/mol. The Morgan fingerprint density at radius 1 is 1.12 bits per heavy atom. The minimum absolute atomic E-state index is 0. The standard InChI is InChI=1S/C17H19N3O3.ClH/c1-19(2)16(13-6-4-3-5-7-13)12-18-17(21)14-8-10-15(11-9-14)20(22)23;/h3-11,16H,12H2,1-2H3,(H,18,21);1H. The zero-order chi connectivity index (χ0) is 16.8. The molecule has 2 rings (SSSR count). The fourth-order valence-electron chi connectivity index (χ4n) is 2.30. The molecule has 0 aliphatic carbocycles. The lowest BCUT2D eigenvalue weighted by atomic mass is 10.1. The molecule has 2 aromatic rings. The van der Waals surface area contributed by atoms with Gasteiger partial charge in [0.15, 0.2) is 0 Å². The quantitative estimate of drug-likeness (QED) is 0.642. The number of nitro groups is 1. The molecule has 2 aromatic carbocycles.